The zero-order valence-electron chi connectivity index (χ0n) is 9.20. The van der Waals surface area contributed by atoms with E-state index in [1.807, 2.05) is 12.1 Å². The minimum Gasteiger partial charge on any atom is -0.481 e. The van der Waals surface area contributed by atoms with Gasteiger partial charge in [0.25, 0.3) is 0 Å². The quantitative estimate of drug-likeness (QED) is 0.670. The van der Waals surface area contributed by atoms with Gasteiger partial charge in [-0.1, -0.05) is 6.42 Å². The van der Waals surface area contributed by atoms with Crippen molar-refractivity contribution >= 4 is 5.69 Å². The zero-order chi connectivity index (χ0) is 10.9. The van der Waals surface area contributed by atoms with Crippen LogP contribution in [0.3, 0.4) is 0 Å². The number of aromatic nitrogens is 1. The molecule has 0 aliphatic rings. The van der Waals surface area contributed by atoms with Gasteiger partial charge in [-0.3, -0.25) is 0 Å². The zero-order valence-corrected chi connectivity index (χ0v) is 9.20. The molecule has 0 aromatic carbocycles. The summed E-state index contributed by atoms with van der Waals surface area (Å²) in [5, 5.41) is 3.32. The normalized spacial score (nSPS) is 10.0. The van der Waals surface area contributed by atoms with Gasteiger partial charge in [-0.15, -0.1) is 0 Å². The van der Waals surface area contributed by atoms with E-state index >= 15 is 0 Å². The predicted molar refractivity (Wildman–Crippen MR) is 62.2 cm³/mol. The van der Waals surface area contributed by atoms with Gasteiger partial charge in [0.15, 0.2) is 0 Å². The average Bonchev–Trinajstić information content (AvgIpc) is 2.29. The number of nitrogens with two attached hydrogens (primary N) is 1. The third-order valence-electron chi connectivity index (χ3n) is 2.15. The van der Waals surface area contributed by atoms with Gasteiger partial charge in [-0.2, -0.15) is 0 Å². The first-order valence-electron chi connectivity index (χ1n) is 5.31. The number of methoxy groups -OCH3 is 1. The number of pyridine rings is 1. The lowest BCUT2D eigenvalue weighted by atomic mass is 10.2. The van der Waals surface area contributed by atoms with Gasteiger partial charge in [0, 0.05) is 24.5 Å². The second-order valence-corrected chi connectivity index (χ2v) is 3.36. The molecule has 84 valence electrons. The number of unbranched alkanes of at least 4 members (excludes halogenated alkanes) is 2. The molecule has 0 fully saturated rings. The van der Waals surface area contributed by atoms with E-state index in [9.17, 15) is 0 Å². The molecule has 1 aromatic heterocycles. The summed E-state index contributed by atoms with van der Waals surface area (Å²) in [4.78, 5) is 4.04. The van der Waals surface area contributed by atoms with E-state index in [0.29, 0.717) is 5.88 Å². The van der Waals surface area contributed by atoms with Crippen LogP contribution in [0.25, 0.3) is 0 Å². The van der Waals surface area contributed by atoms with Crippen LogP contribution in [-0.4, -0.2) is 25.2 Å². The van der Waals surface area contributed by atoms with E-state index in [-0.39, 0.29) is 0 Å². The van der Waals surface area contributed by atoms with E-state index < -0.39 is 0 Å². The molecule has 0 spiro atoms. The molecule has 0 radical (unpaired) electrons. The highest BCUT2D eigenvalue weighted by atomic mass is 16.5. The van der Waals surface area contributed by atoms with Gasteiger partial charge in [-0.25, -0.2) is 4.98 Å². The molecule has 1 heterocycles. The Morgan fingerprint density at radius 2 is 2.27 bits per heavy atom. The second kappa shape index (κ2) is 7.06. The Morgan fingerprint density at radius 1 is 1.40 bits per heavy atom. The third-order valence-corrected chi connectivity index (χ3v) is 2.15. The highest BCUT2D eigenvalue weighted by Gasteiger charge is 1.95. The molecule has 4 heteroatoms. The van der Waals surface area contributed by atoms with Crippen LogP contribution in [0.1, 0.15) is 19.3 Å². The van der Waals surface area contributed by atoms with Gasteiger partial charge < -0.3 is 15.8 Å². The van der Waals surface area contributed by atoms with Crippen LogP contribution in [-0.2, 0) is 0 Å². The molecule has 0 bridgehead atoms. The number of hydrogen-bond donors (Lipinski definition) is 2. The number of nitrogens with zero attached hydrogens (tertiary/aromatic N) is 1. The second-order valence-electron chi connectivity index (χ2n) is 3.36. The maximum Gasteiger partial charge on any atom is 0.214 e. The maximum absolute atomic E-state index is 5.41. The van der Waals surface area contributed by atoms with Crippen molar-refractivity contribution in [3.05, 3.63) is 18.3 Å². The lowest BCUT2D eigenvalue weighted by Crippen LogP contribution is -2.04. The number of anilines is 1. The van der Waals surface area contributed by atoms with Gasteiger partial charge >= 0.3 is 0 Å². The highest BCUT2D eigenvalue weighted by Crippen LogP contribution is 2.13. The Bertz CT molecular complexity index is 278. The van der Waals surface area contributed by atoms with Gasteiger partial charge in [-0.05, 0) is 25.5 Å². The van der Waals surface area contributed by atoms with Crippen molar-refractivity contribution < 1.29 is 4.74 Å². The SMILES string of the molecule is COc1cc(NCCCCCN)ccn1. The molecule has 0 amide bonds. The Labute approximate surface area is 90.8 Å². The lowest BCUT2D eigenvalue weighted by molar-refractivity contribution is 0.398. The van der Waals surface area contributed by atoms with E-state index in [1.54, 1.807) is 13.3 Å². The standard InChI is InChI=1S/C11H19N3O/c1-15-11-9-10(5-8-14-11)13-7-4-2-3-6-12/h5,8-9H,2-4,6-7,12H2,1H3,(H,13,14). The highest BCUT2D eigenvalue weighted by molar-refractivity contribution is 5.44. The summed E-state index contributed by atoms with van der Waals surface area (Å²) in [6.07, 6.45) is 5.15. The van der Waals surface area contributed by atoms with Gasteiger partial charge in [0.1, 0.15) is 0 Å². The molecule has 15 heavy (non-hydrogen) atoms. The van der Waals surface area contributed by atoms with Crippen molar-refractivity contribution in [2.24, 2.45) is 5.73 Å². The molecule has 3 N–H and O–H groups in total. The smallest absolute Gasteiger partial charge is 0.214 e. The Morgan fingerprint density at radius 3 is 3.00 bits per heavy atom. The van der Waals surface area contributed by atoms with Gasteiger partial charge in [0.2, 0.25) is 5.88 Å². The van der Waals surface area contributed by atoms with Crippen LogP contribution < -0.4 is 15.8 Å². The molecule has 1 rings (SSSR count). The van der Waals surface area contributed by atoms with Crippen molar-refractivity contribution in [3.63, 3.8) is 0 Å². The fourth-order valence-electron chi connectivity index (χ4n) is 1.31. The summed E-state index contributed by atoms with van der Waals surface area (Å²) in [5.74, 6) is 0.641. The monoisotopic (exact) mass is 209 g/mol. The molecular weight excluding hydrogens is 190 g/mol. The van der Waals surface area contributed by atoms with E-state index in [0.717, 1.165) is 31.6 Å². The Kier molecular flexibility index (Phi) is 5.55. The number of hydrogen-bond acceptors (Lipinski definition) is 4. The van der Waals surface area contributed by atoms with Crippen LogP contribution in [0, 0.1) is 0 Å². The number of nitrogens with one attached hydrogen (secondary N) is 1. The molecule has 1 aromatic rings. The first-order chi connectivity index (χ1) is 7.36. The Balaban J connectivity index is 2.24. The molecule has 4 nitrogen and oxygen atoms in total. The summed E-state index contributed by atoms with van der Waals surface area (Å²) in [7, 11) is 1.62. The predicted octanol–water partition coefficient (Wildman–Crippen LogP) is 1.63. The van der Waals surface area contributed by atoms with Crippen molar-refractivity contribution in [1.29, 1.82) is 0 Å². The van der Waals surface area contributed by atoms with Crippen LogP contribution >= 0.6 is 0 Å². The lowest BCUT2D eigenvalue weighted by Gasteiger charge is -2.06. The van der Waals surface area contributed by atoms with Crippen LogP contribution in [0.4, 0.5) is 5.69 Å². The van der Waals surface area contributed by atoms with Crippen molar-refractivity contribution in [3.8, 4) is 5.88 Å². The van der Waals surface area contributed by atoms with Crippen LogP contribution in [0.15, 0.2) is 18.3 Å². The van der Waals surface area contributed by atoms with Crippen molar-refractivity contribution in [1.82, 2.24) is 4.98 Å². The topological polar surface area (TPSA) is 60.2 Å². The minimum atomic E-state index is 0.641. The molecule has 0 unspecified atom stereocenters. The van der Waals surface area contributed by atoms with E-state index in [2.05, 4.69) is 10.3 Å². The molecule has 0 aliphatic carbocycles. The first-order valence-corrected chi connectivity index (χ1v) is 5.31. The van der Waals surface area contributed by atoms with Crippen LogP contribution in [0.5, 0.6) is 5.88 Å². The Hall–Kier alpha value is -1.29. The summed E-state index contributed by atoms with van der Waals surface area (Å²) >= 11 is 0. The molecule has 0 aliphatic heterocycles. The minimum absolute atomic E-state index is 0.641. The van der Waals surface area contributed by atoms with Crippen molar-refractivity contribution in [2.45, 2.75) is 19.3 Å². The largest absolute Gasteiger partial charge is 0.481 e. The van der Waals surface area contributed by atoms with Crippen molar-refractivity contribution in [2.75, 3.05) is 25.5 Å². The average molecular weight is 209 g/mol. The van der Waals surface area contributed by atoms with E-state index in [4.69, 9.17) is 10.5 Å². The molecular formula is C11H19N3O. The maximum atomic E-state index is 5.41. The fraction of sp³-hybridized carbons (Fsp3) is 0.545. The van der Waals surface area contributed by atoms with Crippen LogP contribution in [0.2, 0.25) is 0 Å². The summed E-state index contributed by atoms with van der Waals surface area (Å²) in [6.45, 7) is 1.75. The van der Waals surface area contributed by atoms with E-state index in [1.165, 1.54) is 6.42 Å². The van der Waals surface area contributed by atoms with Gasteiger partial charge in [0.05, 0.1) is 7.11 Å². The summed E-state index contributed by atoms with van der Waals surface area (Å²) in [5.41, 5.74) is 6.47. The third kappa shape index (κ3) is 4.65. The summed E-state index contributed by atoms with van der Waals surface area (Å²) < 4.78 is 5.03. The summed E-state index contributed by atoms with van der Waals surface area (Å²) in [6, 6.07) is 3.83. The fourth-order valence-corrected chi connectivity index (χ4v) is 1.31. The molecule has 0 saturated heterocycles. The molecule has 0 atom stereocenters. The first kappa shape index (κ1) is 11.8. The number of ether oxygens (including phenoxy) is 1. The number of rotatable bonds is 7. The molecule has 0 saturated carbocycles.